The molecule has 4 nitrogen and oxygen atoms in total. The minimum Gasteiger partial charge on any atom is -0.493 e. The zero-order chi connectivity index (χ0) is 18.4. The highest BCUT2D eigenvalue weighted by atomic mass is 16.5. The summed E-state index contributed by atoms with van der Waals surface area (Å²) in [5.41, 5.74) is 4.24. The van der Waals surface area contributed by atoms with Crippen LogP contribution in [0.1, 0.15) is 48.5 Å². The molecular weight excluding hydrogens is 338 g/mol. The van der Waals surface area contributed by atoms with Crippen molar-refractivity contribution in [2.75, 3.05) is 14.2 Å². The molecule has 3 aromatic rings. The van der Waals surface area contributed by atoms with Gasteiger partial charge in [0, 0.05) is 16.9 Å². The van der Waals surface area contributed by atoms with E-state index in [9.17, 15) is 0 Å². The van der Waals surface area contributed by atoms with Gasteiger partial charge in [0.2, 0.25) is 0 Å². The van der Waals surface area contributed by atoms with Crippen LogP contribution < -0.4 is 9.47 Å². The first-order chi connectivity index (χ1) is 13.3. The number of nitrogens with zero attached hydrogens (tertiary/aromatic N) is 1. The highest BCUT2D eigenvalue weighted by Crippen LogP contribution is 2.45. The van der Waals surface area contributed by atoms with Crippen LogP contribution in [0.25, 0.3) is 11.0 Å². The molecule has 1 aliphatic carbocycles. The molecule has 1 fully saturated rings. The Hall–Kier alpha value is -2.75. The highest BCUT2D eigenvalue weighted by molar-refractivity contribution is 6.14. The van der Waals surface area contributed by atoms with E-state index >= 15 is 0 Å². The molecule has 138 valence electrons. The largest absolute Gasteiger partial charge is 0.493 e. The predicted molar refractivity (Wildman–Crippen MR) is 106 cm³/mol. The molecule has 0 spiro atoms. The van der Waals surface area contributed by atoms with E-state index in [1.165, 1.54) is 24.8 Å². The predicted octanol–water partition coefficient (Wildman–Crippen LogP) is 5.33. The minimum atomic E-state index is 0.313. The fraction of sp³-hybridized carbons (Fsp3) is 0.348. The van der Waals surface area contributed by atoms with Crippen LogP contribution in [-0.4, -0.2) is 26.0 Å². The summed E-state index contributed by atoms with van der Waals surface area (Å²) in [6.07, 6.45) is 4.79. The third-order valence-corrected chi connectivity index (χ3v) is 5.89. The van der Waals surface area contributed by atoms with Crippen molar-refractivity contribution >= 4 is 16.7 Å². The van der Waals surface area contributed by atoms with Crippen LogP contribution in [0.2, 0.25) is 0 Å². The summed E-state index contributed by atoms with van der Waals surface area (Å²) in [5, 5.41) is 1.10. The molecule has 27 heavy (non-hydrogen) atoms. The summed E-state index contributed by atoms with van der Waals surface area (Å²) in [4.78, 5) is 5.17. The SMILES string of the molecule is COc1cc2c(cc1OC)[C@H]1CCCC[C@H]1N=C2c1cc2ccccc2o1. The molecule has 0 unspecified atom stereocenters. The van der Waals surface area contributed by atoms with Gasteiger partial charge in [-0.1, -0.05) is 31.0 Å². The number of hydrogen-bond donors (Lipinski definition) is 0. The third kappa shape index (κ3) is 2.62. The van der Waals surface area contributed by atoms with Gasteiger partial charge in [-0.3, -0.25) is 4.99 Å². The second-order valence-corrected chi connectivity index (χ2v) is 7.38. The van der Waals surface area contributed by atoms with Gasteiger partial charge in [0.05, 0.1) is 20.3 Å². The van der Waals surface area contributed by atoms with Crippen molar-refractivity contribution in [3.63, 3.8) is 0 Å². The average molecular weight is 361 g/mol. The maximum absolute atomic E-state index is 6.17. The van der Waals surface area contributed by atoms with Gasteiger partial charge in [-0.05, 0) is 42.7 Å². The van der Waals surface area contributed by atoms with E-state index in [4.69, 9.17) is 18.9 Å². The smallest absolute Gasteiger partial charge is 0.161 e. The number of para-hydroxylation sites is 1. The number of aliphatic imine (C=N–C) groups is 1. The van der Waals surface area contributed by atoms with E-state index in [2.05, 4.69) is 24.3 Å². The standard InChI is InChI=1S/C23H23NO3/c1-25-20-12-16-15-8-4-5-9-18(15)24-23(17(16)13-21(20)26-2)22-11-14-7-3-6-10-19(14)27-22/h3,6-7,10-13,15,18H,4-5,8-9H2,1-2H3/t15-,18-/m1/s1. The summed E-state index contributed by atoms with van der Waals surface area (Å²) in [6, 6.07) is 14.7. The first-order valence-corrected chi connectivity index (χ1v) is 9.61. The second-order valence-electron chi connectivity index (χ2n) is 7.38. The van der Waals surface area contributed by atoms with Crippen molar-refractivity contribution in [2.45, 2.75) is 37.6 Å². The molecule has 1 aromatic heterocycles. The third-order valence-electron chi connectivity index (χ3n) is 5.89. The Balaban J connectivity index is 1.72. The average Bonchev–Trinajstić information content (AvgIpc) is 3.16. The Morgan fingerprint density at radius 1 is 0.963 bits per heavy atom. The number of methoxy groups -OCH3 is 2. The Kier molecular flexibility index (Phi) is 3.92. The molecule has 4 heteroatoms. The van der Waals surface area contributed by atoms with Crippen molar-refractivity contribution in [1.82, 2.24) is 0 Å². The summed E-state index contributed by atoms with van der Waals surface area (Å²) < 4.78 is 17.3. The number of hydrogen-bond acceptors (Lipinski definition) is 4. The van der Waals surface area contributed by atoms with Crippen molar-refractivity contribution < 1.29 is 13.9 Å². The van der Waals surface area contributed by atoms with Gasteiger partial charge in [-0.15, -0.1) is 0 Å². The van der Waals surface area contributed by atoms with Gasteiger partial charge in [0.1, 0.15) is 11.3 Å². The molecule has 0 saturated heterocycles. The molecule has 2 aromatic carbocycles. The zero-order valence-electron chi connectivity index (χ0n) is 15.7. The molecule has 2 aliphatic rings. The highest BCUT2D eigenvalue weighted by Gasteiger charge is 2.35. The van der Waals surface area contributed by atoms with E-state index in [-0.39, 0.29) is 0 Å². The van der Waals surface area contributed by atoms with E-state index in [1.54, 1.807) is 14.2 Å². The Morgan fingerprint density at radius 3 is 2.56 bits per heavy atom. The second kappa shape index (κ2) is 6.45. The number of furan rings is 1. The Morgan fingerprint density at radius 2 is 1.74 bits per heavy atom. The molecule has 1 aliphatic heterocycles. The number of benzene rings is 2. The molecule has 1 saturated carbocycles. The maximum atomic E-state index is 6.17. The summed E-state index contributed by atoms with van der Waals surface area (Å²) in [5.74, 6) is 2.79. The van der Waals surface area contributed by atoms with E-state index in [0.717, 1.165) is 45.9 Å². The summed E-state index contributed by atoms with van der Waals surface area (Å²) >= 11 is 0. The van der Waals surface area contributed by atoms with Crippen LogP contribution >= 0.6 is 0 Å². The topological polar surface area (TPSA) is 44.0 Å². The van der Waals surface area contributed by atoms with Gasteiger partial charge in [-0.2, -0.15) is 0 Å². The molecule has 2 heterocycles. The number of rotatable bonds is 3. The quantitative estimate of drug-likeness (QED) is 0.633. The number of fused-ring (bicyclic) bond motifs is 4. The van der Waals surface area contributed by atoms with Crippen molar-refractivity contribution in [3.05, 3.63) is 59.4 Å². The van der Waals surface area contributed by atoms with Gasteiger partial charge in [-0.25, -0.2) is 0 Å². The maximum Gasteiger partial charge on any atom is 0.161 e. The van der Waals surface area contributed by atoms with Crippen LogP contribution in [0, 0.1) is 0 Å². The van der Waals surface area contributed by atoms with Crippen molar-refractivity contribution in [2.24, 2.45) is 4.99 Å². The van der Waals surface area contributed by atoms with Gasteiger partial charge in [0.25, 0.3) is 0 Å². The normalized spacial score (nSPS) is 21.3. The van der Waals surface area contributed by atoms with E-state index in [0.29, 0.717) is 12.0 Å². The summed E-state index contributed by atoms with van der Waals surface area (Å²) in [7, 11) is 3.37. The van der Waals surface area contributed by atoms with E-state index in [1.807, 2.05) is 18.2 Å². The summed E-state index contributed by atoms with van der Waals surface area (Å²) in [6.45, 7) is 0. The fourth-order valence-electron chi connectivity index (χ4n) is 4.57. The van der Waals surface area contributed by atoms with Crippen LogP contribution in [0.15, 0.2) is 51.9 Å². The van der Waals surface area contributed by atoms with Crippen LogP contribution in [0.3, 0.4) is 0 Å². The molecule has 5 rings (SSSR count). The van der Waals surface area contributed by atoms with Crippen molar-refractivity contribution in [3.8, 4) is 11.5 Å². The lowest BCUT2D eigenvalue weighted by molar-refractivity contribution is 0.349. The minimum absolute atomic E-state index is 0.313. The Labute approximate surface area is 158 Å². The lowest BCUT2D eigenvalue weighted by atomic mass is 9.75. The van der Waals surface area contributed by atoms with Crippen molar-refractivity contribution in [1.29, 1.82) is 0 Å². The molecule has 0 amide bonds. The first-order valence-electron chi connectivity index (χ1n) is 9.61. The molecule has 0 bridgehead atoms. The molecule has 0 radical (unpaired) electrons. The van der Waals surface area contributed by atoms with Crippen LogP contribution in [0.5, 0.6) is 11.5 Å². The molecule has 2 atom stereocenters. The van der Waals surface area contributed by atoms with Crippen LogP contribution in [0.4, 0.5) is 0 Å². The monoisotopic (exact) mass is 361 g/mol. The fourth-order valence-corrected chi connectivity index (χ4v) is 4.57. The van der Waals surface area contributed by atoms with Gasteiger partial charge >= 0.3 is 0 Å². The van der Waals surface area contributed by atoms with Gasteiger partial charge < -0.3 is 13.9 Å². The Bertz CT molecular complexity index is 1000. The molecular formula is C23H23NO3. The van der Waals surface area contributed by atoms with Crippen LogP contribution in [-0.2, 0) is 0 Å². The first kappa shape index (κ1) is 16.4. The zero-order valence-corrected chi connectivity index (χ0v) is 15.7. The lowest BCUT2D eigenvalue weighted by Crippen LogP contribution is -2.29. The lowest BCUT2D eigenvalue weighted by Gasteiger charge is -2.35. The van der Waals surface area contributed by atoms with E-state index < -0.39 is 0 Å². The molecule has 0 N–H and O–H groups in total. The number of ether oxygens (including phenoxy) is 2. The van der Waals surface area contributed by atoms with Gasteiger partial charge in [0.15, 0.2) is 17.3 Å².